The number of guanidine groups is 1. The van der Waals surface area contributed by atoms with Crippen LogP contribution in [-0.4, -0.2) is 12.7 Å². The Morgan fingerprint density at radius 1 is 0.972 bits per heavy atom. The van der Waals surface area contributed by atoms with Crippen LogP contribution in [0.2, 0.25) is 0 Å². The Morgan fingerprint density at radius 2 is 1.61 bits per heavy atom. The third-order valence-corrected chi connectivity index (χ3v) is 5.31. The van der Waals surface area contributed by atoms with Gasteiger partial charge in [0.1, 0.15) is 11.6 Å². The van der Waals surface area contributed by atoms with Gasteiger partial charge in [0.05, 0.1) is 23.3 Å². The standard InChI is InChI=1S/C29H25FN6/c1-5-27(36-29(33-4)34-26-12-6-21(17-31)7-13-26)35-28-19(2)14-22(15-20(28)3)16-24(18-32)23-8-10-25(30)11-9-23/h5-16,35H,4H2,1-3H3,(H,34,36)/b24-16-,27-5-. The summed E-state index contributed by atoms with van der Waals surface area (Å²) >= 11 is 0. The summed E-state index contributed by atoms with van der Waals surface area (Å²) in [6.07, 6.45) is 3.60. The Hall–Kier alpha value is -5.01. The maximum Gasteiger partial charge on any atom is 0.228 e. The quantitative estimate of drug-likeness (QED) is 0.177. The maximum atomic E-state index is 13.3. The van der Waals surface area contributed by atoms with Crippen molar-refractivity contribution in [2.24, 2.45) is 9.98 Å². The molecule has 36 heavy (non-hydrogen) atoms. The molecule has 0 aliphatic heterocycles. The third kappa shape index (κ3) is 6.53. The van der Waals surface area contributed by atoms with Crippen LogP contribution >= 0.6 is 0 Å². The van der Waals surface area contributed by atoms with Gasteiger partial charge in [0.25, 0.3) is 0 Å². The Balaban J connectivity index is 1.84. The minimum absolute atomic E-state index is 0.299. The lowest BCUT2D eigenvalue weighted by Gasteiger charge is -2.15. The SMILES string of the molecule is C=NC(=N/C(=C\C)Nc1c(C)cc(/C=C(/C#N)c2ccc(F)cc2)cc1C)Nc1ccc(C#N)cc1. The van der Waals surface area contributed by atoms with Crippen LogP contribution in [-0.2, 0) is 0 Å². The molecule has 0 atom stereocenters. The van der Waals surface area contributed by atoms with E-state index in [9.17, 15) is 9.65 Å². The molecule has 0 spiro atoms. The number of aryl methyl sites for hydroxylation is 2. The molecule has 0 fully saturated rings. The summed E-state index contributed by atoms with van der Waals surface area (Å²) in [6.45, 7) is 9.39. The topological polar surface area (TPSA) is 96.4 Å². The fraction of sp³-hybridized carbons (Fsp3) is 0.103. The molecule has 0 saturated heterocycles. The molecule has 178 valence electrons. The second-order valence-corrected chi connectivity index (χ2v) is 7.91. The fourth-order valence-electron chi connectivity index (χ4n) is 3.52. The van der Waals surface area contributed by atoms with E-state index in [1.807, 2.05) is 39.0 Å². The predicted molar refractivity (Wildman–Crippen MR) is 145 cm³/mol. The number of aliphatic imine (C=N–C) groups is 2. The minimum Gasteiger partial charge on any atom is -0.340 e. The van der Waals surface area contributed by atoms with Crippen molar-refractivity contribution < 1.29 is 4.39 Å². The second kappa shape index (κ2) is 11.9. The predicted octanol–water partition coefficient (Wildman–Crippen LogP) is 6.82. The number of benzene rings is 3. The van der Waals surface area contributed by atoms with Crippen LogP contribution in [0.15, 0.2) is 82.5 Å². The maximum absolute atomic E-state index is 13.3. The average Bonchev–Trinajstić information content (AvgIpc) is 2.89. The molecule has 6 nitrogen and oxygen atoms in total. The van der Waals surface area contributed by atoms with Gasteiger partial charge in [-0.25, -0.2) is 9.38 Å². The minimum atomic E-state index is -0.345. The van der Waals surface area contributed by atoms with E-state index in [1.165, 1.54) is 12.1 Å². The lowest BCUT2D eigenvalue weighted by Crippen LogP contribution is -2.11. The molecule has 0 bridgehead atoms. The lowest BCUT2D eigenvalue weighted by atomic mass is 10.00. The lowest BCUT2D eigenvalue weighted by molar-refractivity contribution is 0.627. The van der Waals surface area contributed by atoms with Crippen molar-refractivity contribution in [1.82, 2.24) is 0 Å². The summed E-state index contributed by atoms with van der Waals surface area (Å²) in [6, 6.07) is 21.0. The van der Waals surface area contributed by atoms with Gasteiger partial charge < -0.3 is 10.6 Å². The Morgan fingerprint density at radius 3 is 2.14 bits per heavy atom. The number of anilines is 2. The molecule has 0 radical (unpaired) electrons. The zero-order chi connectivity index (χ0) is 26.1. The van der Waals surface area contributed by atoms with Crippen LogP contribution in [0.5, 0.6) is 0 Å². The van der Waals surface area contributed by atoms with Crippen molar-refractivity contribution in [2.45, 2.75) is 20.8 Å². The van der Waals surface area contributed by atoms with Crippen molar-refractivity contribution in [1.29, 1.82) is 10.5 Å². The molecule has 2 N–H and O–H groups in total. The van der Waals surface area contributed by atoms with Crippen LogP contribution in [0, 0.1) is 42.3 Å². The summed E-state index contributed by atoms with van der Waals surface area (Å²) in [5.41, 5.74) is 6.05. The van der Waals surface area contributed by atoms with Crippen LogP contribution in [0.25, 0.3) is 11.6 Å². The Labute approximate surface area is 210 Å². The first-order chi connectivity index (χ1) is 17.4. The van der Waals surface area contributed by atoms with Crippen molar-refractivity contribution in [3.8, 4) is 12.1 Å². The number of hydrogen-bond acceptors (Lipinski definition) is 4. The van der Waals surface area contributed by atoms with E-state index >= 15 is 0 Å². The highest BCUT2D eigenvalue weighted by Crippen LogP contribution is 2.27. The van der Waals surface area contributed by atoms with Gasteiger partial charge in [-0.2, -0.15) is 15.5 Å². The zero-order valence-electron chi connectivity index (χ0n) is 20.3. The summed E-state index contributed by atoms with van der Waals surface area (Å²) in [4.78, 5) is 8.51. The van der Waals surface area contributed by atoms with E-state index in [1.54, 1.807) is 42.5 Å². The van der Waals surface area contributed by atoms with E-state index < -0.39 is 0 Å². The van der Waals surface area contributed by atoms with Crippen LogP contribution < -0.4 is 10.6 Å². The zero-order valence-corrected chi connectivity index (χ0v) is 20.3. The molecular formula is C29H25FN6. The summed E-state index contributed by atoms with van der Waals surface area (Å²) in [7, 11) is 0. The first-order valence-corrected chi connectivity index (χ1v) is 11.1. The second-order valence-electron chi connectivity index (χ2n) is 7.91. The first kappa shape index (κ1) is 25.6. The van der Waals surface area contributed by atoms with E-state index in [0.717, 1.165) is 28.1 Å². The van der Waals surface area contributed by atoms with Gasteiger partial charge in [0, 0.05) is 11.4 Å². The van der Waals surface area contributed by atoms with E-state index in [2.05, 4.69) is 39.5 Å². The van der Waals surface area contributed by atoms with Gasteiger partial charge in [-0.3, -0.25) is 0 Å². The highest BCUT2D eigenvalue weighted by atomic mass is 19.1. The van der Waals surface area contributed by atoms with Crippen molar-refractivity contribution in [2.75, 3.05) is 10.6 Å². The molecule has 0 aliphatic carbocycles. The van der Waals surface area contributed by atoms with Crippen LogP contribution in [0.3, 0.4) is 0 Å². The van der Waals surface area contributed by atoms with Gasteiger partial charge in [-0.15, -0.1) is 0 Å². The van der Waals surface area contributed by atoms with Crippen molar-refractivity contribution >= 4 is 35.7 Å². The van der Waals surface area contributed by atoms with Gasteiger partial charge in [0.15, 0.2) is 0 Å². The molecule has 0 aromatic heterocycles. The normalized spacial score (nSPS) is 11.9. The Bertz CT molecular complexity index is 1410. The van der Waals surface area contributed by atoms with Crippen LogP contribution in [0.1, 0.15) is 34.7 Å². The number of nitrogens with one attached hydrogen (secondary N) is 2. The first-order valence-electron chi connectivity index (χ1n) is 11.1. The Kier molecular flexibility index (Phi) is 8.48. The molecule has 3 aromatic rings. The van der Waals surface area contributed by atoms with Crippen molar-refractivity contribution in [3.05, 3.63) is 106 Å². The third-order valence-electron chi connectivity index (χ3n) is 5.31. The highest BCUT2D eigenvalue weighted by molar-refractivity contribution is 5.97. The molecule has 3 rings (SSSR count). The highest BCUT2D eigenvalue weighted by Gasteiger charge is 2.09. The molecular weight excluding hydrogens is 451 g/mol. The summed E-state index contributed by atoms with van der Waals surface area (Å²) in [5, 5.41) is 25.0. The summed E-state index contributed by atoms with van der Waals surface area (Å²) < 4.78 is 13.3. The molecule has 0 amide bonds. The molecule has 7 heteroatoms. The number of halogens is 1. The summed E-state index contributed by atoms with van der Waals surface area (Å²) in [5.74, 6) is 0.521. The van der Waals surface area contributed by atoms with Gasteiger partial charge in [-0.05, 0) is 110 Å². The van der Waals surface area contributed by atoms with Crippen molar-refractivity contribution in [3.63, 3.8) is 0 Å². The van der Waals surface area contributed by atoms with Gasteiger partial charge in [0.2, 0.25) is 5.96 Å². The molecule has 0 unspecified atom stereocenters. The van der Waals surface area contributed by atoms with E-state index in [4.69, 9.17) is 5.26 Å². The molecule has 0 aliphatic rings. The fourth-order valence-corrected chi connectivity index (χ4v) is 3.52. The van der Waals surface area contributed by atoms with E-state index in [-0.39, 0.29) is 5.82 Å². The average molecular weight is 477 g/mol. The number of nitriles is 2. The largest absolute Gasteiger partial charge is 0.340 e. The number of nitrogens with zero attached hydrogens (tertiary/aromatic N) is 4. The van der Waals surface area contributed by atoms with Gasteiger partial charge >= 0.3 is 0 Å². The molecule has 3 aromatic carbocycles. The molecule has 0 saturated carbocycles. The number of allylic oxidation sites excluding steroid dienone is 2. The molecule has 0 heterocycles. The monoisotopic (exact) mass is 476 g/mol. The number of hydrogen-bond donors (Lipinski definition) is 2. The van der Waals surface area contributed by atoms with Crippen LogP contribution in [0.4, 0.5) is 15.8 Å². The van der Waals surface area contributed by atoms with Gasteiger partial charge in [-0.1, -0.05) is 12.1 Å². The van der Waals surface area contributed by atoms with E-state index in [0.29, 0.717) is 28.5 Å². The number of rotatable bonds is 6. The smallest absolute Gasteiger partial charge is 0.228 e.